The third-order valence-corrected chi connectivity index (χ3v) is 5.21. The van der Waals surface area contributed by atoms with Gasteiger partial charge in [-0.05, 0) is 38.2 Å². The molecule has 0 amide bonds. The molecule has 1 fully saturated rings. The number of carbonyl (C=O) groups is 1. The van der Waals surface area contributed by atoms with Crippen molar-refractivity contribution in [1.29, 1.82) is 0 Å². The van der Waals surface area contributed by atoms with Crippen molar-refractivity contribution in [2.45, 2.75) is 43.7 Å². The minimum absolute atomic E-state index is 0.0414. The topological polar surface area (TPSA) is 109 Å². The number of hydrogen-bond donors (Lipinski definition) is 3. The predicted molar refractivity (Wildman–Crippen MR) is 75.6 cm³/mol. The highest BCUT2D eigenvalue weighted by Gasteiger charge is 2.26. The molecule has 1 saturated carbocycles. The summed E-state index contributed by atoms with van der Waals surface area (Å²) in [5.74, 6) is -1.03. The number of carboxylic acids is 1. The summed E-state index contributed by atoms with van der Waals surface area (Å²) in [7, 11) is -3.73. The van der Waals surface area contributed by atoms with Crippen LogP contribution in [-0.2, 0) is 16.6 Å². The van der Waals surface area contributed by atoms with Gasteiger partial charge in [0, 0.05) is 19.3 Å². The van der Waals surface area contributed by atoms with Crippen molar-refractivity contribution in [3.63, 3.8) is 0 Å². The molecule has 0 radical (unpaired) electrons. The van der Waals surface area contributed by atoms with Gasteiger partial charge in [-0.25, -0.2) is 17.9 Å². The van der Waals surface area contributed by atoms with E-state index in [0.717, 1.165) is 12.5 Å². The van der Waals surface area contributed by atoms with E-state index in [1.165, 1.54) is 10.8 Å². The third kappa shape index (κ3) is 3.63. The summed E-state index contributed by atoms with van der Waals surface area (Å²) >= 11 is 0. The predicted octanol–water partition coefficient (Wildman–Crippen LogP) is 0.645. The minimum Gasteiger partial charge on any atom is -0.477 e. The Hall–Kier alpha value is -1.38. The number of rotatable bonds is 6. The van der Waals surface area contributed by atoms with Gasteiger partial charge in [-0.1, -0.05) is 0 Å². The molecule has 0 aromatic carbocycles. The molecule has 0 spiro atoms. The third-order valence-electron chi connectivity index (χ3n) is 3.82. The molecule has 1 heterocycles. The van der Waals surface area contributed by atoms with Gasteiger partial charge in [-0.15, -0.1) is 0 Å². The lowest BCUT2D eigenvalue weighted by Gasteiger charge is -2.10. The first-order chi connectivity index (χ1) is 9.83. The number of nitrogens with one attached hydrogen (secondary N) is 1. The van der Waals surface area contributed by atoms with E-state index >= 15 is 0 Å². The first kappa shape index (κ1) is 16.0. The molecule has 118 valence electrons. The van der Waals surface area contributed by atoms with Crippen molar-refractivity contribution < 1.29 is 23.4 Å². The fourth-order valence-electron chi connectivity index (χ4n) is 2.62. The molecule has 1 aliphatic carbocycles. The average Bonchev–Trinajstić information content (AvgIpc) is 3.02. The molecule has 2 rings (SSSR count). The SMILES string of the molecule is CCn1cc(S(=O)(=O)NCC2CCC(O)C2)cc1C(=O)O. The molecule has 8 heteroatoms. The van der Waals surface area contributed by atoms with E-state index in [1.807, 2.05) is 0 Å². The molecule has 0 bridgehead atoms. The van der Waals surface area contributed by atoms with Gasteiger partial charge in [0.2, 0.25) is 10.0 Å². The largest absolute Gasteiger partial charge is 0.477 e. The summed E-state index contributed by atoms with van der Waals surface area (Å²) in [6, 6.07) is 1.16. The van der Waals surface area contributed by atoms with E-state index < -0.39 is 16.0 Å². The summed E-state index contributed by atoms with van der Waals surface area (Å²) < 4.78 is 28.3. The normalized spacial score (nSPS) is 22.6. The molecule has 7 nitrogen and oxygen atoms in total. The van der Waals surface area contributed by atoms with Crippen LogP contribution in [0, 0.1) is 5.92 Å². The van der Waals surface area contributed by atoms with Gasteiger partial charge in [-0.3, -0.25) is 0 Å². The fourth-order valence-corrected chi connectivity index (χ4v) is 3.77. The van der Waals surface area contributed by atoms with Crippen LogP contribution in [0.15, 0.2) is 17.2 Å². The number of nitrogens with zero attached hydrogens (tertiary/aromatic N) is 1. The number of carboxylic acid groups (broad SMARTS) is 1. The first-order valence-electron chi connectivity index (χ1n) is 6.94. The van der Waals surface area contributed by atoms with Gasteiger partial charge in [0.15, 0.2) is 0 Å². The van der Waals surface area contributed by atoms with Crippen LogP contribution in [0.2, 0.25) is 0 Å². The Morgan fingerprint density at radius 2 is 2.19 bits per heavy atom. The molecule has 0 aliphatic heterocycles. The van der Waals surface area contributed by atoms with Gasteiger partial charge < -0.3 is 14.8 Å². The summed E-state index contributed by atoms with van der Waals surface area (Å²) in [6.07, 6.45) is 3.06. The van der Waals surface area contributed by atoms with E-state index in [0.29, 0.717) is 19.4 Å². The lowest BCUT2D eigenvalue weighted by atomic mass is 10.1. The van der Waals surface area contributed by atoms with Gasteiger partial charge in [0.05, 0.1) is 6.10 Å². The number of aliphatic hydroxyl groups excluding tert-OH is 1. The number of aryl methyl sites for hydroxylation is 1. The first-order valence-corrected chi connectivity index (χ1v) is 8.43. The zero-order valence-corrected chi connectivity index (χ0v) is 12.6. The lowest BCUT2D eigenvalue weighted by molar-refractivity contribution is 0.0685. The average molecular weight is 316 g/mol. The number of aromatic carboxylic acids is 1. The lowest BCUT2D eigenvalue weighted by Crippen LogP contribution is -2.28. The highest BCUT2D eigenvalue weighted by atomic mass is 32.2. The molecule has 1 aromatic heterocycles. The second kappa shape index (κ2) is 6.17. The molecule has 1 aliphatic rings. The van der Waals surface area contributed by atoms with E-state index in [9.17, 15) is 18.3 Å². The Labute approximate surface area is 123 Å². The van der Waals surface area contributed by atoms with Gasteiger partial charge in [-0.2, -0.15) is 0 Å². The van der Waals surface area contributed by atoms with Crippen LogP contribution in [0.3, 0.4) is 0 Å². The van der Waals surface area contributed by atoms with Gasteiger partial charge in [0.1, 0.15) is 10.6 Å². The molecule has 2 atom stereocenters. The standard InChI is InChI=1S/C13H20N2O5S/c1-2-15-8-11(6-12(15)13(17)18)21(19,20)14-7-9-3-4-10(16)5-9/h6,8-10,14,16H,2-5,7H2,1H3,(H,17,18). The van der Waals surface area contributed by atoms with E-state index in [4.69, 9.17) is 5.11 Å². The molecular weight excluding hydrogens is 296 g/mol. The Kier molecular flexibility index (Phi) is 4.70. The molecule has 1 aromatic rings. The molecule has 2 unspecified atom stereocenters. The molecule has 0 saturated heterocycles. The maximum Gasteiger partial charge on any atom is 0.352 e. The number of aromatic nitrogens is 1. The highest BCUT2D eigenvalue weighted by molar-refractivity contribution is 7.89. The molecule has 3 N–H and O–H groups in total. The Morgan fingerprint density at radius 3 is 2.67 bits per heavy atom. The Balaban J connectivity index is 2.10. The highest BCUT2D eigenvalue weighted by Crippen LogP contribution is 2.25. The van der Waals surface area contributed by atoms with E-state index in [-0.39, 0.29) is 29.2 Å². The van der Waals surface area contributed by atoms with Crippen LogP contribution >= 0.6 is 0 Å². The zero-order chi connectivity index (χ0) is 15.6. The Morgan fingerprint density at radius 1 is 1.48 bits per heavy atom. The summed E-state index contributed by atoms with van der Waals surface area (Å²) in [5.41, 5.74) is -0.0471. The van der Waals surface area contributed by atoms with Crippen LogP contribution in [0.4, 0.5) is 0 Å². The van der Waals surface area contributed by atoms with E-state index in [1.54, 1.807) is 6.92 Å². The quantitative estimate of drug-likeness (QED) is 0.714. The second-order valence-electron chi connectivity index (χ2n) is 5.34. The van der Waals surface area contributed by atoms with Crippen LogP contribution in [-0.4, -0.2) is 41.8 Å². The van der Waals surface area contributed by atoms with Crippen LogP contribution < -0.4 is 4.72 Å². The van der Waals surface area contributed by atoms with Crippen molar-refractivity contribution in [2.24, 2.45) is 5.92 Å². The second-order valence-corrected chi connectivity index (χ2v) is 7.10. The van der Waals surface area contributed by atoms with Crippen LogP contribution in [0.25, 0.3) is 0 Å². The molecule has 21 heavy (non-hydrogen) atoms. The number of hydrogen-bond acceptors (Lipinski definition) is 4. The summed E-state index contributed by atoms with van der Waals surface area (Å²) in [5, 5.41) is 18.5. The smallest absolute Gasteiger partial charge is 0.352 e. The van der Waals surface area contributed by atoms with Gasteiger partial charge >= 0.3 is 5.97 Å². The molecular formula is C13H20N2O5S. The van der Waals surface area contributed by atoms with Crippen molar-refractivity contribution in [3.8, 4) is 0 Å². The van der Waals surface area contributed by atoms with Crippen molar-refractivity contribution in [2.75, 3.05) is 6.54 Å². The van der Waals surface area contributed by atoms with Crippen molar-refractivity contribution >= 4 is 16.0 Å². The van der Waals surface area contributed by atoms with E-state index in [2.05, 4.69) is 4.72 Å². The number of aliphatic hydroxyl groups is 1. The Bertz CT molecular complexity index is 623. The summed E-state index contributed by atoms with van der Waals surface area (Å²) in [6.45, 7) is 2.39. The number of sulfonamides is 1. The minimum atomic E-state index is -3.73. The maximum atomic E-state index is 12.2. The zero-order valence-electron chi connectivity index (χ0n) is 11.8. The van der Waals surface area contributed by atoms with Gasteiger partial charge in [0.25, 0.3) is 0 Å². The summed E-state index contributed by atoms with van der Waals surface area (Å²) in [4.78, 5) is 11.0. The monoisotopic (exact) mass is 316 g/mol. The fraction of sp³-hybridized carbons (Fsp3) is 0.615. The van der Waals surface area contributed by atoms with Crippen LogP contribution in [0.1, 0.15) is 36.7 Å². The van der Waals surface area contributed by atoms with Crippen LogP contribution in [0.5, 0.6) is 0 Å². The van der Waals surface area contributed by atoms with Crippen molar-refractivity contribution in [3.05, 3.63) is 18.0 Å². The van der Waals surface area contributed by atoms with Crippen molar-refractivity contribution in [1.82, 2.24) is 9.29 Å². The maximum absolute atomic E-state index is 12.2.